The molecule has 4 heteroatoms. The Bertz CT molecular complexity index is 936. The highest BCUT2D eigenvalue weighted by molar-refractivity contribution is 5.85. The lowest BCUT2D eigenvalue weighted by molar-refractivity contribution is -0.267. The van der Waals surface area contributed by atoms with Gasteiger partial charge in [-0.15, -0.1) is 0 Å². The number of carbonyl (C=O) groups is 2. The Morgan fingerprint density at radius 3 is 2.26 bits per heavy atom. The molecule has 0 saturated heterocycles. The first-order chi connectivity index (χ1) is 15.7. The molecule has 5 aliphatic rings. The number of aliphatic hydroxyl groups excluding tert-OH is 1. The smallest absolute Gasteiger partial charge is 0.310 e. The maximum Gasteiger partial charge on any atom is 0.310 e. The van der Waals surface area contributed by atoms with Crippen LogP contribution in [0.15, 0.2) is 12.2 Å². The zero-order chi connectivity index (χ0) is 25.1. The van der Waals surface area contributed by atoms with Gasteiger partial charge in [0.1, 0.15) is 5.78 Å². The molecule has 4 nitrogen and oxygen atoms in total. The van der Waals surface area contributed by atoms with Crippen molar-refractivity contribution in [1.82, 2.24) is 0 Å². The Labute approximate surface area is 206 Å². The third-order valence-electron chi connectivity index (χ3n) is 13.3. The number of hydrogen-bond donors (Lipinski definition) is 2. The van der Waals surface area contributed by atoms with Gasteiger partial charge in [-0.05, 0) is 98.7 Å². The number of ketones is 1. The van der Waals surface area contributed by atoms with Gasteiger partial charge in [-0.1, -0.05) is 46.8 Å². The molecule has 0 amide bonds. The highest BCUT2D eigenvalue weighted by Gasteiger charge is 2.74. The summed E-state index contributed by atoms with van der Waals surface area (Å²) in [5, 5.41) is 22.4. The summed E-state index contributed by atoms with van der Waals surface area (Å²) in [4.78, 5) is 25.7. The van der Waals surface area contributed by atoms with Crippen LogP contribution in [-0.4, -0.2) is 28.1 Å². The van der Waals surface area contributed by atoms with Crippen molar-refractivity contribution in [3.63, 3.8) is 0 Å². The number of fused-ring (bicyclic) bond motifs is 7. The van der Waals surface area contributed by atoms with Crippen LogP contribution in [0.25, 0.3) is 0 Å². The molecule has 5 aliphatic carbocycles. The summed E-state index contributed by atoms with van der Waals surface area (Å²) in [6.45, 7) is 17.9. The minimum atomic E-state index is -0.823. The normalized spacial score (nSPS) is 53.8. The lowest BCUT2D eigenvalue weighted by Gasteiger charge is -2.73. The number of carboxylic acids is 1. The molecular weight excluding hydrogens is 424 g/mol. The number of Topliss-reactive ketones (excluding diaryl/α,β-unsaturated/α-hetero) is 1. The average Bonchev–Trinajstić information content (AvgIpc) is 3.13. The van der Waals surface area contributed by atoms with Gasteiger partial charge in [0.15, 0.2) is 0 Å². The lowest BCUT2D eigenvalue weighted by atomic mass is 9.32. The molecule has 0 spiro atoms. The van der Waals surface area contributed by atoms with Gasteiger partial charge in [0.25, 0.3) is 0 Å². The van der Waals surface area contributed by atoms with E-state index in [1.807, 2.05) is 0 Å². The zero-order valence-corrected chi connectivity index (χ0v) is 22.2. The van der Waals surface area contributed by atoms with Crippen LogP contribution < -0.4 is 0 Å². The zero-order valence-electron chi connectivity index (χ0n) is 22.2. The van der Waals surface area contributed by atoms with Gasteiger partial charge >= 0.3 is 5.97 Å². The Morgan fingerprint density at radius 1 is 0.971 bits per heavy atom. The predicted molar refractivity (Wildman–Crippen MR) is 133 cm³/mol. The third-order valence-corrected chi connectivity index (χ3v) is 13.3. The van der Waals surface area contributed by atoms with Crippen LogP contribution in [0, 0.1) is 56.7 Å². The molecule has 0 aromatic rings. The molecule has 0 bridgehead atoms. The number of carbonyl (C=O) groups excluding carboxylic acids is 1. The summed E-state index contributed by atoms with van der Waals surface area (Å²) in [5.41, 5.74) is -0.296. The van der Waals surface area contributed by atoms with Crippen LogP contribution >= 0.6 is 0 Å². The monoisotopic (exact) mass is 470 g/mol. The summed E-state index contributed by atoms with van der Waals surface area (Å²) in [7, 11) is 0. The number of aliphatic hydroxyl groups is 1. The molecule has 0 aromatic carbocycles. The van der Waals surface area contributed by atoms with Crippen molar-refractivity contribution < 1.29 is 19.8 Å². The van der Waals surface area contributed by atoms with Crippen molar-refractivity contribution in [2.24, 2.45) is 56.7 Å². The molecule has 0 aromatic heterocycles. The minimum absolute atomic E-state index is 0.0589. The van der Waals surface area contributed by atoms with Gasteiger partial charge in [-0.3, -0.25) is 9.59 Å². The molecule has 5 rings (SSSR count). The van der Waals surface area contributed by atoms with E-state index in [9.17, 15) is 19.8 Å². The Hall–Kier alpha value is -1.16. The van der Waals surface area contributed by atoms with E-state index in [-0.39, 0.29) is 39.4 Å². The summed E-state index contributed by atoms with van der Waals surface area (Å²) in [6.07, 6.45) is 7.01. The lowest BCUT2D eigenvalue weighted by Crippen LogP contribution is -2.70. The first-order valence-electron chi connectivity index (χ1n) is 13.8. The van der Waals surface area contributed by atoms with Gasteiger partial charge in [0.05, 0.1) is 11.5 Å². The molecule has 0 heterocycles. The van der Waals surface area contributed by atoms with Crippen LogP contribution in [0.4, 0.5) is 0 Å². The Kier molecular flexibility index (Phi) is 5.20. The second kappa shape index (κ2) is 7.20. The van der Waals surface area contributed by atoms with Crippen LogP contribution in [0.5, 0.6) is 0 Å². The van der Waals surface area contributed by atoms with E-state index in [1.54, 1.807) is 0 Å². The number of aliphatic carboxylic acids is 1. The highest BCUT2D eigenvalue weighted by atomic mass is 16.4. The van der Waals surface area contributed by atoms with E-state index in [0.29, 0.717) is 36.9 Å². The molecule has 5 saturated carbocycles. The topological polar surface area (TPSA) is 74.6 Å². The van der Waals surface area contributed by atoms with E-state index in [1.165, 1.54) is 0 Å². The molecular formula is C30H46O4. The maximum absolute atomic E-state index is 12.9. The minimum Gasteiger partial charge on any atom is -0.481 e. The van der Waals surface area contributed by atoms with Gasteiger partial charge in [-0.25, -0.2) is 0 Å². The van der Waals surface area contributed by atoms with Crippen LogP contribution in [0.3, 0.4) is 0 Å². The summed E-state index contributed by atoms with van der Waals surface area (Å²) in [6, 6.07) is 0. The van der Waals surface area contributed by atoms with E-state index < -0.39 is 17.5 Å². The molecule has 0 radical (unpaired) electrons. The van der Waals surface area contributed by atoms with E-state index >= 15 is 0 Å². The van der Waals surface area contributed by atoms with Gasteiger partial charge in [0.2, 0.25) is 0 Å². The fraction of sp³-hybridized carbons (Fsp3) is 0.867. The van der Waals surface area contributed by atoms with Crippen LogP contribution in [0.2, 0.25) is 0 Å². The quantitative estimate of drug-likeness (QED) is 0.467. The van der Waals surface area contributed by atoms with Crippen molar-refractivity contribution >= 4 is 11.8 Å². The molecule has 2 N–H and O–H groups in total. The maximum atomic E-state index is 12.9. The predicted octanol–water partition coefficient (Wildman–Crippen LogP) is 6.27. The summed E-state index contributed by atoms with van der Waals surface area (Å²) in [5.74, 6) is 1.01. The summed E-state index contributed by atoms with van der Waals surface area (Å²) >= 11 is 0. The van der Waals surface area contributed by atoms with Crippen LogP contribution in [-0.2, 0) is 9.59 Å². The van der Waals surface area contributed by atoms with E-state index in [2.05, 4.69) is 48.1 Å². The van der Waals surface area contributed by atoms with E-state index in [0.717, 1.165) is 44.1 Å². The molecule has 34 heavy (non-hydrogen) atoms. The van der Waals surface area contributed by atoms with E-state index in [4.69, 9.17) is 0 Å². The molecule has 190 valence electrons. The van der Waals surface area contributed by atoms with Crippen molar-refractivity contribution in [1.29, 1.82) is 0 Å². The number of hydrogen-bond acceptors (Lipinski definition) is 3. The van der Waals surface area contributed by atoms with Crippen molar-refractivity contribution in [3.05, 3.63) is 12.2 Å². The second-order valence-corrected chi connectivity index (χ2v) is 14.4. The van der Waals surface area contributed by atoms with Gasteiger partial charge < -0.3 is 10.2 Å². The highest BCUT2D eigenvalue weighted by Crippen LogP contribution is 2.77. The van der Waals surface area contributed by atoms with Crippen LogP contribution in [0.1, 0.15) is 99.3 Å². The van der Waals surface area contributed by atoms with Crippen molar-refractivity contribution in [2.45, 2.75) is 105 Å². The first-order valence-corrected chi connectivity index (χ1v) is 13.8. The third kappa shape index (κ3) is 2.65. The molecule has 5 fully saturated rings. The average molecular weight is 471 g/mol. The largest absolute Gasteiger partial charge is 0.481 e. The number of carboxylic acid groups (broad SMARTS) is 1. The SMILES string of the molecule is C=C(C)[C@@H]1CC[C@]2(C(=O)O)C[C@H](O)[C@]3(C)[C@H](CC[C@@H]4[C@@]5(C)CCC(=O)C(C)(C)[C@@H]5CC[C@]43C)[C@@H]12. The van der Waals surface area contributed by atoms with Gasteiger partial charge in [0, 0.05) is 17.3 Å². The first kappa shape index (κ1) is 24.5. The van der Waals surface area contributed by atoms with Crippen molar-refractivity contribution in [3.8, 4) is 0 Å². The van der Waals surface area contributed by atoms with Crippen molar-refractivity contribution in [2.75, 3.05) is 0 Å². The fourth-order valence-corrected chi connectivity index (χ4v) is 11.4. The fourth-order valence-electron chi connectivity index (χ4n) is 11.4. The standard InChI is InChI=1S/C30H46O4/c1-17(2)18-10-15-30(25(33)34)16-23(32)29(7)19(24(18)30)8-9-21-27(5)13-12-22(31)26(3,4)20(27)11-14-28(21,29)6/h18-21,23-24,32H,1,8-16H2,2-7H3,(H,33,34)/t18-,19+,20-,21+,23-,24+,27-,28+,29-,30-/m0/s1. The summed E-state index contributed by atoms with van der Waals surface area (Å²) < 4.78 is 0. The number of rotatable bonds is 2. The molecule has 0 aliphatic heterocycles. The molecule has 0 unspecified atom stereocenters. The number of allylic oxidation sites excluding steroid dienone is 1. The second-order valence-electron chi connectivity index (χ2n) is 14.4. The molecule has 10 atom stereocenters. The Morgan fingerprint density at radius 2 is 1.65 bits per heavy atom. The Balaban J connectivity index is 1.61. The van der Waals surface area contributed by atoms with Gasteiger partial charge in [-0.2, -0.15) is 0 Å².